The maximum atomic E-state index is 13.2. The summed E-state index contributed by atoms with van der Waals surface area (Å²) in [6.45, 7) is 5.32. The van der Waals surface area contributed by atoms with E-state index in [-0.39, 0.29) is 23.4 Å². The number of benzene rings is 1. The van der Waals surface area contributed by atoms with E-state index in [0.717, 1.165) is 36.8 Å². The van der Waals surface area contributed by atoms with E-state index in [1.807, 2.05) is 36.9 Å². The lowest BCUT2D eigenvalue weighted by atomic mass is 10.0. The van der Waals surface area contributed by atoms with E-state index in [1.54, 1.807) is 19.2 Å². The molecule has 1 aromatic carbocycles. The first-order valence-corrected chi connectivity index (χ1v) is 10.6. The number of carbonyl (C=O) groups is 2. The number of carbonyl (C=O) groups excluding carboxylic acids is 2. The number of primary amides is 1. The topological polar surface area (TPSA) is 85.4 Å². The standard InChI is InChI=1S/C23H31N3O3/c1-15(2)21(22(24)28)25-14-13-18-19(23(25)29)11-8-12-20(18)26(16(3)27)17-9-6-4-5-7-10-17/h8,11-15,17,21H,4-7,9-10H2,1-3H3,(H2,24,28). The zero-order valence-corrected chi connectivity index (χ0v) is 17.6. The van der Waals surface area contributed by atoms with Crippen molar-refractivity contribution in [3.8, 4) is 0 Å². The molecule has 1 aliphatic carbocycles. The lowest BCUT2D eigenvalue weighted by molar-refractivity contribution is -0.122. The van der Waals surface area contributed by atoms with Crippen LogP contribution in [-0.4, -0.2) is 22.4 Å². The molecule has 2 aromatic rings. The highest BCUT2D eigenvalue weighted by Gasteiger charge is 2.27. The van der Waals surface area contributed by atoms with Crippen molar-refractivity contribution in [1.29, 1.82) is 0 Å². The first-order valence-electron chi connectivity index (χ1n) is 10.6. The molecule has 0 spiro atoms. The van der Waals surface area contributed by atoms with Crippen molar-refractivity contribution in [2.75, 3.05) is 4.90 Å². The number of rotatable bonds is 5. The summed E-state index contributed by atoms with van der Waals surface area (Å²) in [6.07, 6.45) is 8.21. The number of nitrogens with zero attached hydrogens (tertiary/aromatic N) is 2. The van der Waals surface area contributed by atoms with Crippen LogP contribution in [0.15, 0.2) is 35.3 Å². The molecule has 0 bridgehead atoms. The maximum absolute atomic E-state index is 13.2. The van der Waals surface area contributed by atoms with Crippen molar-refractivity contribution in [2.45, 2.75) is 71.4 Å². The van der Waals surface area contributed by atoms with Crippen LogP contribution in [0.2, 0.25) is 0 Å². The third kappa shape index (κ3) is 4.21. The second kappa shape index (κ2) is 8.80. The molecule has 6 heteroatoms. The van der Waals surface area contributed by atoms with Crippen LogP contribution in [0.3, 0.4) is 0 Å². The van der Waals surface area contributed by atoms with Gasteiger partial charge in [0.05, 0.1) is 5.69 Å². The summed E-state index contributed by atoms with van der Waals surface area (Å²) < 4.78 is 1.42. The van der Waals surface area contributed by atoms with Gasteiger partial charge in [0.25, 0.3) is 5.56 Å². The predicted octanol–water partition coefficient (Wildman–Crippen LogP) is 3.76. The van der Waals surface area contributed by atoms with Crippen molar-refractivity contribution in [1.82, 2.24) is 4.57 Å². The van der Waals surface area contributed by atoms with Crippen molar-refractivity contribution >= 4 is 28.3 Å². The maximum Gasteiger partial charge on any atom is 0.259 e. The molecule has 29 heavy (non-hydrogen) atoms. The Morgan fingerprint density at radius 1 is 1.07 bits per heavy atom. The van der Waals surface area contributed by atoms with Crippen LogP contribution in [0.25, 0.3) is 10.8 Å². The minimum absolute atomic E-state index is 0.00854. The van der Waals surface area contributed by atoms with Crippen molar-refractivity contribution in [3.63, 3.8) is 0 Å². The van der Waals surface area contributed by atoms with Gasteiger partial charge in [0.1, 0.15) is 6.04 Å². The van der Waals surface area contributed by atoms with E-state index in [1.165, 1.54) is 17.4 Å². The summed E-state index contributed by atoms with van der Waals surface area (Å²) in [7, 11) is 0. The number of hydrogen-bond acceptors (Lipinski definition) is 3. The molecule has 1 atom stereocenters. The minimum Gasteiger partial charge on any atom is -0.368 e. The second-order valence-corrected chi connectivity index (χ2v) is 8.39. The van der Waals surface area contributed by atoms with Crippen LogP contribution in [0.1, 0.15) is 65.3 Å². The molecule has 0 saturated heterocycles. The summed E-state index contributed by atoms with van der Waals surface area (Å²) in [5.74, 6) is -0.641. The number of amides is 2. The quantitative estimate of drug-likeness (QED) is 0.780. The van der Waals surface area contributed by atoms with Gasteiger partial charge in [-0.2, -0.15) is 0 Å². The Kier molecular flexibility index (Phi) is 6.40. The van der Waals surface area contributed by atoms with Gasteiger partial charge in [0.2, 0.25) is 11.8 Å². The van der Waals surface area contributed by atoms with Crippen LogP contribution >= 0.6 is 0 Å². The number of pyridine rings is 1. The smallest absolute Gasteiger partial charge is 0.259 e. The van der Waals surface area contributed by atoms with Crippen molar-refractivity contribution in [2.24, 2.45) is 11.7 Å². The molecule has 2 amide bonds. The van der Waals surface area contributed by atoms with E-state index in [0.29, 0.717) is 5.39 Å². The molecule has 2 N–H and O–H groups in total. The van der Waals surface area contributed by atoms with Crippen molar-refractivity contribution in [3.05, 3.63) is 40.8 Å². The number of hydrogen-bond donors (Lipinski definition) is 1. The van der Waals surface area contributed by atoms with Gasteiger partial charge < -0.3 is 15.2 Å². The largest absolute Gasteiger partial charge is 0.368 e. The molecule has 1 aromatic heterocycles. The second-order valence-electron chi connectivity index (χ2n) is 8.39. The molecule has 1 saturated carbocycles. The Morgan fingerprint density at radius 3 is 2.28 bits per heavy atom. The van der Waals surface area contributed by atoms with Gasteiger partial charge in [-0.25, -0.2) is 0 Å². The van der Waals surface area contributed by atoms with Gasteiger partial charge in [-0.1, -0.05) is 45.6 Å². The first-order chi connectivity index (χ1) is 13.8. The van der Waals surface area contributed by atoms with Gasteiger partial charge in [-0.15, -0.1) is 0 Å². The molecule has 1 heterocycles. The highest BCUT2D eigenvalue weighted by atomic mass is 16.2. The van der Waals surface area contributed by atoms with Crippen LogP contribution in [0.5, 0.6) is 0 Å². The van der Waals surface area contributed by atoms with Gasteiger partial charge >= 0.3 is 0 Å². The highest BCUT2D eigenvalue weighted by Crippen LogP contribution is 2.32. The van der Waals surface area contributed by atoms with E-state index in [2.05, 4.69) is 0 Å². The van der Waals surface area contributed by atoms with E-state index in [4.69, 9.17) is 5.73 Å². The minimum atomic E-state index is -0.707. The van der Waals surface area contributed by atoms with Crippen LogP contribution in [0.4, 0.5) is 5.69 Å². The highest BCUT2D eigenvalue weighted by molar-refractivity contribution is 6.03. The molecule has 1 unspecified atom stereocenters. The number of aromatic nitrogens is 1. The van der Waals surface area contributed by atoms with E-state index >= 15 is 0 Å². The Bertz CT molecular complexity index is 955. The average Bonchev–Trinajstić information content (AvgIpc) is 2.93. The van der Waals surface area contributed by atoms with Crippen molar-refractivity contribution < 1.29 is 9.59 Å². The third-order valence-electron chi connectivity index (χ3n) is 5.96. The lowest BCUT2D eigenvalue weighted by Gasteiger charge is -2.31. The zero-order valence-electron chi connectivity index (χ0n) is 17.6. The third-order valence-corrected chi connectivity index (χ3v) is 5.96. The molecule has 156 valence electrons. The fraction of sp³-hybridized carbons (Fsp3) is 0.522. The normalized spacial score (nSPS) is 16.6. The van der Waals surface area contributed by atoms with Crippen LogP contribution in [0, 0.1) is 5.92 Å². The van der Waals surface area contributed by atoms with E-state index in [9.17, 15) is 14.4 Å². The van der Waals surface area contributed by atoms with Crippen LogP contribution in [-0.2, 0) is 9.59 Å². The zero-order chi connectivity index (χ0) is 21.1. The SMILES string of the molecule is CC(=O)N(c1cccc2c(=O)n(C(C(N)=O)C(C)C)ccc12)C1CCCCCC1. The fourth-order valence-electron chi connectivity index (χ4n) is 4.63. The summed E-state index contributed by atoms with van der Waals surface area (Å²) in [5.41, 5.74) is 6.07. The molecule has 1 fully saturated rings. The van der Waals surface area contributed by atoms with Gasteiger partial charge in [0, 0.05) is 29.9 Å². The molecule has 3 rings (SSSR count). The number of fused-ring (bicyclic) bond motifs is 1. The Morgan fingerprint density at radius 2 is 1.72 bits per heavy atom. The number of nitrogens with two attached hydrogens (primary N) is 1. The molecule has 1 aliphatic rings. The first kappa shape index (κ1) is 21.1. The fourth-order valence-corrected chi connectivity index (χ4v) is 4.63. The summed E-state index contributed by atoms with van der Waals surface area (Å²) in [4.78, 5) is 39.6. The summed E-state index contributed by atoms with van der Waals surface area (Å²) in [6, 6.07) is 6.74. The molecular weight excluding hydrogens is 366 g/mol. The Balaban J connectivity index is 2.14. The van der Waals surface area contributed by atoms with Gasteiger partial charge in [0.15, 0.2) is 0 Å². The molecule has 6 nitrogen and oxygen atoms in total. The van der Waals surface area contributed by atoms with Gasteiger partial charge in [-0.3, -0.25) is 14.4 Å². The Labute approximate surface area is 171 Å². The average molecular weight is 398 g/mol. The summed E-state index contributed by atoms with van der Waals surface area (Å²) >= 11 is 0. The number of anilines is 1. The molecule has 0 aliphatic heterocycles. The molecular formula is C23H31N3O3. The molecule has 0 radical (unpaired) electrons. The monoisotopic (exact) mass is 397 g/mol. The van der Waals surface area contributed by atoms with Crippen LogP contribution < -0.4 is 16.2 Å². The van der Waals surface area contributed by atoms with Gasteiger partial charge in [-0.05, 0) is 37.0 Å². The predicted molar refractivity (Wildman–Crippen MR) is 116 cm³/mol. The summed E-state index contributed by atoms with van der Waals surface area (Å²) in [5, 5.41) is 1.23. The van der Waals surface area contributed by atoms with E-state index < -0.39 is 11.9 Å². The lowest BCUT2D eigenvalue weighted by Crippen LogP contribution is -2.39. The Hall–Kier alpha value is -2.63.